The van der Waals surface area contributed by atoms with Crippen LogP contribution in [0.3, 0.4) is 0 Å². The lowest BCUT2D eigenvalue weighted by atomic mass is 10.1. The molecule has 25 heavy (non-hydrogen) atoms. The summed E-state index contributed by atoms with van der Waals surface area (Å²) in [6.45, 7) is 1.82. The molecule has 1 aliphatic rings. The molecule has 0 unspecified atom stereocenters. The fourth-order valence-electron chi connectivity index (χ4n) is 3.07. The van der Waals surface area contributed by atoms with Gasteiger partial charge in [0.15, 0.2) is 0 Å². The number of aliphatic hydroxyl groups excluding tert-OH is 1. The quantitative estimate of drug-likeness (QED) is 0.748. The van der Waals surface area contributed by atoms with E-state index in [9.17, 15) is 4.79 Å². The average molecular weight is 338 g/mol. The molecule has 0 saturated heterocycles. The number of aromatic amines is 1. The van der Waals surface area contributed by atoms with Crippen molar-refractivity contribution in [2.75, 3.05) is 6.54 Å². The van der Waals surface area contributed by atoms with Gasteiger partial charge in [0.25, 0.3) is 5.56 Å². The normalized spacial score (nSPS) is 14.4. The Morgan fingerprint density at radius 1 is 1.28 bits per heavy atom. The molecular formula is C18H18N4O3. The Labute approximate surface area is 144 Å². The summed E-state index contributed by atoms with van der Waals surface area (Å²) in [5.41, 5.74) is 2.24. The number of aromatic nitrogens is 3. The van der Waals surface area contributed by atoms with Gasteiger partial charge in [0.1, 0.15) is 24.0 Å². The summed E-state index contributed by atoms with van der Waals surface area (Å²) in [5, 5.41) is 9.08. The predicted molar refractivity (Wildman–Crippen MR) is 90.5 cm³/mol. The largest absolute Gasteiger partial charge is 0.462 e. The van der Waals surface area contributed by atoms with Crippen LogP contribution in [0.1, 0.15) is 22.8 Å². The predicted octanol–water partition coefficient (Wildman–Crippen LogP) is 1.48. The van der Waals surface area contributed by atoms with Gasteiger partial charge < -0.3 is 14.5 Å². The summed E-state index contributed by atoms with van der Waals surface area (Å²) >= 11 is 0. The number of pyridine rings is 1. The highest BCUT2D eigenvalue weighted by Gasteiger charge is 2.22. The van der Waals surface area contributed by atoms with E-state index in [0.717, 1.165) is 23.6 Å². The molecule has 3 aromatic rings. The Bertz CT molecular complexity index is 933. The summed E-state index contributed by atoms with van der Waals surface area (Å²) in [6, 6.07) is 7.32. The Hall–Kier alpha value is -2.77. The molecule has 2 N–H and O–H groups in total. The zero-order valence-electron chi connectivity index (χ0n) is 13.6. The highest BCUT2D eigenvalue weighted by atomic mass is 16.4. The van der Waals surface area contributed by atoms with Gasteiger partial charge >= 0.3 is 0 Å². The molecule has 0 aliphatic carbocycles. The van der Waals surface area contributed by atoms with Crippen molar-refractivity contribution in [3.8, 4) is 11.4 Å². The lowest BCUT2D eigenvalue weighted by Gasteiger charge is -2.26. The van der Waals surface area contributed by atoms with Crippen molar-refractivity contribution in [1.82, 2.24) is 19.9 Å². The van der Waals surface area contributed by atoms with Gasteiger partial charge in [-0.15, -0.1) is 0 Å². The third-order valence-electron chi connectivity index (χ3n) is 4.34. The first-order valence-electron chi connectivity index (χ1n) is 8.16. The molecule has 0 amide bonds. The molecule has 0 bridgehead atoms. The average Bonchev–Trinajstić information content (AvgIpc) is 3.10. The van der Waals surface area contributed by atoms with Gasteiger partial charge in [0.05, 0.1) is 17.8 Å². The van der Waals surface area contributed by atoms with Crippen molar-refractivity contribution >= 4 is 0 Å². The van der Waals surface area contributed by atoms with Gasteiger partial charge in [0.2, 0.25) is 0 Å². The van der Waals surface area contributed by atoms with Crippen LogP contribution in [-0.2, 0) is 26.1 Å². The van der Waals surface area contributed by atoms with Gasteiger partial charge in [-0.2, -0.15) is 0 Å². The number of nitrogens with zero attached hydrogens (tertiary/aromatic N) is 3. The highest BCUT2D eigenvalue weighted by Crippen LogP contribution is 2.20. The van der Waals surface area contributed by atoms with Crippen LogP contribution in [0.15, 0.2) is 45.9 Å². The maximum absolute atomic E-state index is 12.5. The van der Waals surface area contributed by atoms with Crippen molar-refractivity contribution in [2.24, 2.45) is 0 Å². The summed E-state index contributed by atoms with van der Waals surface area (Å²) in [6.07, 6.45) is 4.09. The molecule has 0 atom stereocenters. The van der Waals surface area contributed by atoms with Gasteiger partial charge in [-0.05, 0) is 24.3 Å². The second-order valence-corrected chi connectivity index (χ2v) is 6.07. The van der Waals surface area contributed by atoms with Crippen LogP contribution >= 0.6 is 0 Å². The van der Waals surface area contributed by atoms with Crippen LogP contribution in [0.4, 0.5) is 0 Å². The molecule has 7 nitrogen and oxygen atoms in total. The summed E-state index contributed by atoms with van der Waals surface area (Å²) in [5.74, 6) is 1.89. The van der Waals surface area contributed by atoms with Crippen molar-refractivity contribution in [3.63, 3.8) is 0 Å². The maximum Gasteiger partial charge on any atom is 0.255 e. The summed E-state index contributed by atoms with van der Waals surface area (Å²) in [4.78, 5) is 26.2. The van der Waals surface area contributed by atoms with E-state index in [1.54, 1.807) is 18.5 Å². The zero-order chi connectivity index (χ0) is 17.2. The lowest BCUT2D eigenvalue weighted by Crippen LogP contribution is -2.35. The SMILES string of the molecule is O=c1[nH]c(-c2cccnc2)nc2c1CN(Cc1ccc(CO)o1)CC2. The van der Waals surface area contributed by atoms with Gasteiger partial charge in [-0.3, -0.25) is 14.7 Å². The van der Waals surface area contributed by atoms with E-state index in [0.29, 0.717) is 36.7 Å². The molecule has 7 heteroatoms. The van der Waals surface area contributed by atoms with Crippen LogP contribution in [0, 0.1) is 0 Å². The van der Waals surface area contributed by atoms with Crippen LogP contribution in [0.2, 0.25) is 0 Å². The number of hydrogen-bond acceptors (Lipinski definition) is 6. The van der Waals surface area contributed by atoms with E-state index in [2.05, 4.69) is 19.9 Å². The first-order chi connectivity index (χ1) is 12.2. The monoisotopic (exact) mass is 338 g/mol. The molecule has 0 aromatic carbocycles. The third kappa shape index (κ3) is 3.24. The maximum atomic E-state index is 12.5. The number of H-pyrrole nitrogens is 1. The van der Waals surface area contributed by atoms with Gasteiger partial charge in [-0.1, -0.05) is 0 Å². The van der Waals surface area contributed by atoms with Gasteiger partial charge in [0, 0.05) is 37.5 Å². The molecule has 0 saturated carbocycles. The van der Waals surface area contributed by atoms with E-state index < -0.39 is 0 Å². The lowest BCUT2D eigenvalue weighted by molar-refractivity contribution is 0.206. The molecule has 0 spiro atoms. The fraction of sp³-hybridized carbons (Fsp3) is 0.278. The van der Waals surface area contributed by atoms with Crippen LogP contribution in [-0.4, -0.2) is 31.5 Å². The minimum atomic E-state index is -0.108. The van der Waals surface area contributed by atoms with Crippen molar-refractivity contribution < 1.29 is 9.52 Å². The summed E-state index contributed by atoms with van der Waals surface area (Å²) in [7, 11) is 0. The molecule has 0 radical (unpaired) electrons. The summed E-state index contributed by atoms with van der Waals surface area (Å²) < 4.78 is 5.53. The Morgan fingerprint density at radius 3 is 2.92 bits per heavy atom. The second-order valence-electron chi connectivity index (χ2n) is 6.07. The van der Waals surface area contributed by atoms with Crippen LogP contribution in [0.25, 0.3) is 11.4 Å². The van der Waals surface area contributed by atoms with Crippen LogP contribution in [0.5, 0.6) is 0 Å². The number of furan rings is 1. The number of fused-ring (bicyclic) bond motifs is 1. The minimum absolute atomic E-state index is 0.107. The Balaban J connectivity index is 1.56. The minimum Gasteiger partial charge on any atom is -0.462 e. The van der Waals surface area contributed by atoms with E-state index >= 15 is 0 Å². The van der Waals surface area contributed by atoms with E-state index in [1.165, 1.54) is 0 Å². The first kappa shape index (κ1) is 15.7. The second kappa shape index (κ2) is 6.62. The van der Waals surface area contributed by atoms with Crippen molar-refractivity contribution in [1.29, 1.82) is 0 Å². The van der Waals surface area contributed by atoms with E-state index in [1.807, 2.05) is 18.2 Å². The first-order valence-corrected chi connectivity index (χ1v) is 8.16. The van der Waals surface area contributed by atoms with Gasteiger partial charge in [-0.25, -0.2) is 4.98 Å². The third-order valence-corrected chi connectivity index (χ3v) is 4.34. The Morgan fingerprint density at radius 2 is 2.16 bits per heavy atom. The van der Waals surface area contributed by atoms with Crippen LogP contribution < -0.4 is 5.56 Å². The zero-order valence-corrected chi connectivity index (χ0v) is 13.6. The molecular weight excluding hydrogens is 320 g/mol. The topological polar surface area (TPSA) is 95.2 Å². The van der Waals surface area contributed by atoms with E-state index in [-0.39, 0.29) is 12.2 Å². The highest BCUT2D eigenvalue weighted by molar-refractivity contribution is 5.53. The Kier molecular flexibility index (Phi) is 4.17. The fourth-order valence-corrected chi connectivity index (χ4v) is 3.07. The molecule has 0 fully saturated rings. The molecule has 4 rings (SSSR count). The molecule has 1 aliphatic heterocycles. The molecule has 4 heterocycles. The smallest absolute Gasteiger partial charge is 0.255 e. The van der Waals surface area contributed by atoms with E-state index in [4.69, 9.17) is 9.52 Å². The molecule has 3 aromatic heterocycles. The van der Waals surface area contributed by atoms with Crippen molar-refractivity contribution in [3.05, 3.63) is 69.8 Å². The standard InChI is InChI=1S/C18H18N4O3/c23-11-14-4-3-13(25-14)9-22-7-5-16-15(10-22)18(24)21-17(20-16)12-2-1-6-19-8-12/h1-4,6,8,23H,5,7,9-11H2,(H,20,21,24). The van der Waals surface area contributed by atoms with Crippen molar-refractivity contribution in [2.45, 2.75) is 26.1 Å². The number of rotatable bonds is 4. The number of aliphatic hydroxyl groups is 1. The number of nitrogens with one attached hydrogen (secondary N) is 1. The molecule has 128 valence electrons. The number of hydrogen-bond donors (Lipinski definition) is 2.